The Balaban J connectivity index is 1.71. The van der Waals surface area contributed by atoms with Crippen molar-refractivity contribution in [2.75, 3.05) is 13.2 Å². The van der Waals surface area contributed by atoms with Gasteiger partial charge in [-0.15, -0.1) is 0 Å². The molecule has 0 bridgehead atoms. The molecular weight excluding hydrogens is 580 g/mol. The van der Waals surface area contributed by atoms with Crippen molar-refractivity contribution in [2.45, 2.75) is 61.7 Å². The predicted molar refractivity (Wildman–Crippen MR) is 140 cm³/mol. The van der Waals surface area contributed by atoms with Gasteiger partial charge >= 0.3 is 0 Å². The normalized spacial score (nSPS) is 32.9. The van der Waals surface area contributed by atoms with Gasteiger partial charge in [0.2, 0.25) is 23.5 Å². The third-order valence-corrected chi connectivity index (χ3v) is 7.39. The minimum atomic E-state index is -2.58. The highest BCUT2D eigenvalue weighted by Crippen LogP contribution is 2.52. The molecule has 1 aromatic heterocycles. The molecule has 9 atom stereocenters. The van der Waals surface area contributed by atoms with E-state index in [0.717, 1.165) is 6.07 Å². The molecule has 0 aliphatic carbocycles. The SMILES string of the molecule is C[C@H]1O[C@H](Oc2c(O)c(O[C@]3(CO)OC[C@@H](O)[C@@H](O)[C@@H]3O)c(O)c3c(=O)cc(-c4ccc(O)cc4)oc23)[C@@H](O)[C@@H](O)[C@@H]1O. The Bertz CT molecular complexity index is 1540. The monoisotopic (exact) mass is 610 g/mol. The van der Waals surface area contributed by atoms with Crippen molar-refractivity contribution in [3.05, 3.63) is 40.6 Å². The molecule has 0 amide bonds. The molecule has 3 heterocycles. The molecule has 234 valence electrons. The minimum Gasteiger partial charge on any atom is -0.508 e. The molecule has 2 fully saturated rings. The van der Waals surface area contributed by atoms with E-state index in [1.807, 2.05) is 0 Å². The lowest BCUT2D eigenvalue weighted by Gasteiger charge is -2.43. The summed E-state index contributed by atoms with van der Waals surface area (Å²) in [4.78, 5) is 13.4. The summed E-state index contributed by atoms with van der Waals surface area (Å²) in [6, 6.07) is 6.37. The fraction of sp³-hybridized carbons (Fsp3) is 0.444. The standard InChI is InChI=1S/C27H30O16/c1-9-16(32)19(35)20(36)26(40-9)42-24-21(37)23(43-27(8-28)25(38)17(33)13(31)7-39-27)18(34)15-12(30)6-14(41-22(15)24)10-2-4-11(29)5-3-10/h2-6,9,13,16-17,19-20,25-26,28-29,31-38H,7-8H2,1H3/t9-,13-,16-,17-,19+,20+,25+,26-,27+/m1/s1. The van der Waals surface area contributed by atoms with E-state index in [0.29, 0.717) is 0 Å². The Kier molecular flexibility index (Phi) is 8.16. The lowest BCUT2D eigenvalue weighted by Crippen LogP contribution is -2.65. The van der Waals surface area contributed by atoms with E-state index in [-0.39, 0.29) is 17.1 Å². The predicted octanol–water partition coefficient (Wildman–Crippen LogP) is -2.04. The van der Waals surface area contributed by atoms with Crippen molar-refractivity contribution in [3.8, 4) is 40.1 Å². The fourth-order valence-electron chi connectivity index (χ4n) is 4.83. The Hall–Kier alpha value is -3.71. The average molecular weight is 611 g/mol. The van der Waals surface area contributed by atoms with Crippen molar-refractivity contribution < 1.29 is 74.4 Å². The van der Waals surface area contributed by atoms with Gasteiger partial charge in [0.1, 0.15) is 60.1 Å². The van der Waals surface area contributed by atoms with E-state index < -0.39 is 107 Å². The van der Waals surface area contributed by atoms with Crippen LogP contribution in [-0.2, 0) is 9.47 Å². The maximum Gasteiger partial charge on any atom is 0.263 e. The largest absolute Gasteiger partial charge is 0.508 e. The number of aliphatic hydroxyl groups excluding tert-OH is 7. The van der Waals surface area contributed by atoms with Crippen LogP contribution in [0.25, 0.3) is 22.3 Å². The van der Waals surface area contributed by atoms with E-state index in [4.69, 9.17) is 23.4 Å². The average Bonchev–Trinajstić information content (AvgIpc) is 2.99. The first kappa shape index (κ1) is 30.7. The van der Waals surface area contributed by atoms with Crippen LogP contribution in [0.3, 0.4) is 0 Å². The first-order valence-electron chi connectivity index (χ1n) is 13.0. The molecule has 3 aromatic rings. The van der Waals surface area contributed by atoms with Crippen molar-refractivity contribution >= 4 is 11.0 Å². The zero-order valence-electron chi connectivity index (χ0n) is 22.3. The van der Waals surface area contributed by atoms with E-state index >= 15 is 0 Å². The molecule has 16 nitrogen and oxygen atoms in total. The van der Waals surface area contributed by atoms with Gasteiger partial charge in [-0.3, -0.25) is 4.79 Å². The summed E-state index contributed by atoms with van der Waals surface area (Å²) < 4.78 is 27.7. The van der Waals surface area contributed by atoms with Crippen LogP contribution >= 0.6 is 0 Å². The number of phenols is 3. The molecule has 0 unspecified atom stereocenters. The molecule has 0 saturated carbocycles. The summed E-state index contributed by atoms with van der Waals surface area (Å²) in [6.07, 6.45) is -13.7. The number of phenolic OH excluding ortho intramolecular Hbond substituents is 3. The molecule has 5 rings (SSSR count). The number of hydrogen-bond donors (Lipinski definition) is 10. The number of ether oxygens (including phenoxy) is 4. The second kappa shape index (κ2) is 11.4. The van der Waals surface area contributed by atoms with Gasteiger partial charge in [-0.25, -0.2) is 0 Å². The van der Waals surface area contributed by atoms with Crippen LogP contribution in [0.2, 0.25) is 0 Å². The maximum atomic E-state index is 13.4. The maximum absolute atomic E-state index is 13.4. The van der Waals surface area contributed by atoms with Gasteiger partial charge in [0.05, 0.1) is 12.7 Å². The van der Waals surface area contributed by atoms with Crippen LogP contribution < -0.4 is 14.9 Å². The van der Waals surface area contributed by atoms with Gasteiger partial charge in [0, 0.05) is 11.6 Å². The minimum absolute atomic E-state index is 0.0890. The summed E-state index contributed by atoms with van der Waals surface area (Å²) in [5.41, 5.74) is -1.27. The molecule has 10 N–H and O–H groups in total. The third-order valence-electron chi connectivity index (χ3n) is 7.39. The number of aromatic hydroxyl groups is 3. The fourth-order valence-corrected chi connectivity index (χ4v) is 4.83. The number of fused-ring (bicyclic) bond motifs is 1. The van der Waals surface area contributed by atoms with Crippen molar-refractivity contribution in [1.29, 1.82) is 0 Å². The summed E-state index contributed by atoms with van der Waals surface area (Å²) >= 11 is 0. The van der Waals surface area contributed by atoms with E-state index in [1.54, 1.807) is 0 Å². The third kappa shape index (κ3) is 5.22. The Morgan fingerprint density at radius 3 is 2.23 bits per heavy atom. The Labute approximate surface area is 241 Å². The highest BCUT2D eigenvalue weighted by molar-refractivity contribution is 5.95. The quantitative estimate of drug-likeness (QED) is 0.144. The van der Waals surface area contributed by atoms with Crippen molar-refractivity contribution in [3.63, 3.8) is 0 Å². The van der Waals surface area contributed by atoms with Gasteiger partial charge in [-0.1, -0.05) is 0 Å². The Morgan fingerprint density at radius 1 is 0.907 bits per heavy atom. The summed E-state index contributed by atoms with van der Waals surface area (Å²) in [5, 5.41) is 103. The molecule has 43 heavy (non-hydrogen) atoms. The molecule has 0 spiro atoms. The van der Waals surface area contributed by atoms with Gasteiger partial charge in [-0.2, -0.15) is 0 Å². The van der Waals surface area contributed by atoms with Crippen LogP contribution in [0.15, 0.2) is 39.5 Å². The number of benzene rings is 2. The molecule has 2 aromatic carbocycles. The van der Waals surface area contributed by atoms with Crippen LogP contribution in [0.4, 0.5) is 0 Å². The summed E-state index contributed by atoms with van der Waals surface area (Å²) in [6.45, 7) is -0.490. The van der Waals surface area contributed by atoms with Gasteiger partial charge in [0.25, 0.3) is 5.79 Å². The van der Waals surface area contributed by atoms with E-state index in [2.05, 4.69) is 0 Å². The molecule has 2 saturated heterocycles. The van der Waals surface area contributed by atoms with E-state index in [1.165, 1.54) is 31.2 Å². The summed E-state index contributed by atoms with van der Waals surface area (Å²) in [7, 11) is 0. The van der Waals surface area contributed by atoms with Crippen LogP contribution in [0, 0.1) is 0 Å². The molecule has 2 aliphatic heterocycles. The zero-order chi connectivity index (χ0) is 31.4. The smallest absolute Gasteiger partial charge is 0.263 e. The van der Waals surface area contributed by atoms with E-state index in [9.17, 15) is 55.9 Å². The number of aliphatic hydroxyl groups is 7. The molecular formula is C27H30O16. The first-order valence-corrected chi connectivity index (χ1v) is 13.0. The van der Waals surface area contributed by atoms with Gasteiger partial charge < -0.3 is 74.4 Å². The van der Waals surface area contributed by atoms with Crippen LogP contribution in [0.1, 0.15) is 6.92 Å². The van der Waals surface area contributed by atoms with Crippen LogP contribution in [-0.4, -0.2) is 119 Å². The zero-order valence-corrected chi connectivity index (χ0v) is 22.3. The Morgan fingerprint density at radius 2 is 1.58 bits per heavy atom. The number of rotatable bonds is 6. The molecule has 2 aliphatic rings. The topological polar surface area (TPSA) is 269 Å². The van der Waals surface area contributed by atoms with Gasteiger partial charge in [-0.05, 0) is 31.2 Å². The highest BCUT2D eigenvalue weighted by atomic mass is 16.7. The molecule has 16 heteroatoms. The first-order chi connectivity index (χ1) is 20.3. The van der Waals surface area contributed by atoms with Gasteiger partial charge in [0.15, 0.2) is 16.8 Å². The highest BCUT2D eigenvalue weighted by Gasteiger charge is 2.53. The second-order valence-corrected chi connectivity index (χ2v) is 10.3. The lowest BCUT2D eigenvalue weighted by molar-refractivity contribution is -0.319. The van der Waals surface area contributed by atoms with Crippen LogP contribution in [0.5, 0.6) is 28.7 Å². The number of hydrogen-bond acceptors (Lipinski definition) is 16. The lowest BCUT2D eigenvalue weighted by atomic mass is 9.97. The second-order valence-electron chi connectivity index (χ2n) is 10.3. The van der Waals surface area contributed by atoms with Crippen molar-refractivity contribution in [2.24, 2.45) is 0 Å². The molecule has 0 radical (unpaired) electrons. The van der Waals surface area contributed by atoms with Crippen molar-refractivity contribution in [1.82, 2.24) is 0 Å². The summed E-state index contributed by atoms with van der Waals surface area (Å²) in [5.74, 6) is -6.82.